The molecule has 0 saturated heterocycles. The molecule has 0 saturated carbocycles. The molecule has 1 atom stereocenters. The van der Waals surface area contributed by atoms with Gasteiger partial charge in [-0.15, -0.1) is 0 Å². The number of quaternary nitrogens is 1. The lowest BCUT2D eigenvalue weighted by Gasteiger charge is -2.32. The van der Waals surface area contributed by atoms with Gasteiger partial charge in [0.2, 0.25) is 0 Å². The molecule has 0 bridgehead atoms. The van der Waals surface area contributed by atoms with E-state index in [0.29, 0.717) is 24.0 Å². The van der Waals surface area contributed by atoms with Crippen molar-refractivity contribution in [1.29, 1.82) is 0 Å². The van der Waals surface area contributed by atoms with E-state index in [1.807, 2.05) is 51.5 Å². The highest BCUT2D eigenvalue weighted by molar-refractivity contribution is 5.91. The molecule has 1 aromatic rings. The van der Waals surface area contributed by atoms with Crippen molar-refractivity contribution in [3.63, 3.8) is 0 Å². The Labute approximate surface area is 184 Å². The fourth-order valence-corrected chi connectivity index (χ4v) is 3.81. The summed E-state index contributed by atoms with van der Waals surface area (Å²) in [6.07, 6.45) is 11.9. The Balaban J connectivity index is 2.29. The van der Waals surface area contributed by atoms with Gasteiger partial charge in [-0.05, 0) is 25.6 Å². The second-order valence-corrected chi connectivity index (χ2v) is 9.08. The summed E-state index contributed by atoms with van der Waals surface area (Å²) in [6.45, 7) is 3.18. The van der Waals surface area contributed by atoms with Gasteiger partial charge >= 0.3 is 0 Å². The maximum atomic E-state index is 12.7. The minimum absolute atomic E-state index is 0.0348. The topological polar surface area (TPSA) is 58.2 Å². The van der Waals surface area contributed by atoms with E-state index in [1.165, 1.54) is 44.9 Å². The number of anilines is 1. The monoisotopic (exact) mass is 418 g/mol. The zero-order chi connectivity index (χ0) is 22.2. The number of benzene rings is 1. The summed E-state index contributed by atoms with van der Waals surface area (Å²) in [6, 6.07) is 9.27. The van der Waals surface area contributed by atoms with Gasteiger partial charge in [0.15, 0.2) is 12.3 Å². The first-order chi connectivity index (χ1) is 14.4. The number of para-hydroxylation sites is 1. The second kappa shape index (κ2) is 15.1. The summed E-state index contributed by atoms with van der Waals surface area (Å²) in [5.41, 5.74) is 0.800. The smallest absolute Gasteiger partial charge is 0.279 e. The van der Waals surface area contributed by atoms with Gasteiger partial charge in [0, 0.05) is 12.1 Å². The fourth-order valence-electron chi connectivity index (χ4n) is 3.81. The second-order valence-electron chi connectivity index (χ2n) is 9.08. The summed E-state index contributed by atoms with van der Waals surface area (Å²) in [4.78, 5) is 25.1. The number of amides is 1. The van der Waals surface area contributed by atoms with E-state index in [-0.39, 0.29) is 17.7 Å². The largest absolute Gasteiger partial charge is 0.321 e. The Kier molecular flexibility index (Phi) is 13.3. The molecule has 0 aliphatic rings. The maximum absolute atomic E-state index is 12.7. The van der Waals surface area contributed by atoms with Gasteiger partial charge in [-0.1, -0.05) is 76.5 Å². The highest BCUT2D eigenvalue weighted by atomic mass is 16.2. The minimum atomic E-state index is -0.210. The summed E-state index contributed by atoms with van der Waals surface area (Å²) in [5, 5.41) is 6.09. The molecule has 0 radical (unpaired) electrons. The average molecular weight is 419 g/mol. The number of carbonyl (C=O) groups is 2. The number of unbranched alkanes of at least 4 members (excludes halogenated alkanes) is 8. The molecule has 0 fully saturated rings. The highest BCUT2D eigenvalue weighted by Gasteiger charge is 2.28. The molecular formula is C25H44N3O2+. The predicted molar refractivity (Wildman–Crippen MR) is 127 cm³/mol. The van der Waals surface area contributed by atoms with Crippen molar-refractivity contribution in [3.8, 4) is 0 Å². The summed E-state index contributed by atoms with van der Waals surface area (Å²) in [7, 11) is 5.84. The lowest BCUT2D eigenvalue weighted by atomic mass is 10.0. The van der Waals surface area contributed by atoms with E-state index in [2.05, 4.69) is 17.6 Å². The van der Waals surface area contributed by atoms with Crippen LogP contribution < -0.4 is 10.6 Å². The predicted octanol–water partition coefficient (Wildman–Crippen LogP) is 4.78. The molecule has 5 nitrogen and oxygen atoms in total. The van der Waals surface area contributed by atoms with Crippen LogP contribution in [0.15, 0.2) is 30.3 Å². The number of ketones is 1. The molecule has 0 spiro atoms. The lowest BCUT2D eigenvalue weighted by Crippen LogP contribution is -2.54. The molecule has 1 unspecified atom stereocenters. The Morgan fingerprint density at radius 3 is 2.03 bits per heavy atom. The first-order valence-electron chi connectivity index (χ1n) is 11.7. The average Bonchev–Trinajstić information content (AvgIpc) is 2.70. The molecule has 170 valence electrons. The van der Waals surface area contributed by atoms with Crippen LogP contribution in [0.4, 0.5) is 5.69 Å². The van der Waals surface area contributed by atoms with E-state index >= 15 is 0 Å². The number of likely N-dealkylation sites (N-methyl/N-ethyl adjacent to an activating group) is 2. The van der Waals surface area contributed by atoms with Gasteiger partial charge in [0.05, 0.1) is 14.1 Å². The molecule has 0 aliphatic heterocycles. The molecule has 0 aromatic heterocycles. The van der Waals surface area contributed by atoms with Crippen LogP contribution in [0.5, 0.6) is 0 Å². The van der Waals surface area contributed by atoms with E-state index < -0.39 is 0 Å². The number of nitrogens with zero attached hydrogens (tertiary/aromatic N) is 1. The number of rotatable bonds is 17. The van der Waals surface area contributed by atoms with Crippen molar-refractivity contribution in [1.82, 2.24) is 5.32 Å². The van der Waals surface area contributed by atoms with Crippen LogP contribution in [-0.2, 0) is 9.59 Å². The van der Waals surface area contributed by atoms with Crippen LogP contribution in [0.25, 0.3) is 0 Å². The first-order valence-corrected chi connectivity index (χ1v) is 11.7. The van der Waals surface area contributed by atoms with Gasteiger partial charge in [0.25, 0.3) is 5.91 Å². The van der Waals surface area contributed by atoms with Crippen LogP contribution in [0.1, 0.15) is 71.1 Å². The first kappa shape index (κ1) is 26.3. The summed E-state index contributed by atoms with van der Waals surface area (Å²) < 4.78 is 0.466. The molecule has 1 aromatic carbocycles. The number of nitrogens with one attached hydrogen (secondary N) is 2. The van der Waals surface area contributed by atoms with Crippen molar-refractivity contribution in [2.24, 2.45) is 0 Å². The third-order valence-corrected chi connectivity index (χ3v) is 5.57. The molecular weight excluding hydrogens is 374 g/mol. The molecule has 0 aliphatic carbocycles. The van der Waals surface area contributed by atoms with E-state index in [1.54, 1.807) is 0 Å². The number of carbonyl (C=O) groups excluding carboxylic acids is 2. The Morgan fingerprint density at radius 2 is 1.47 bits per heavy atom. The van der Waals surface area contributed by atoms with Crippen molar-refractivity contribution < 1.29 is 14.1 Å². The normalized spacial score (nSPS) is 12.5. The van der Waals surface area contributed by atoms with Crippen LogP contribution in [0.3, 0.4) is 0 Å². The maximum Gasteiger partial charge on any atom is 0.279 e. The molecule has 2 N–H and O–H groups in total. The highest BCUT2D eigenvalue weighted by Crippen LogP contribution is 2.12. The molecule has 0 heterocycles. The molecule has 5 heteroatoms. The third-order valence-electron chi connectivity index (χ3n) is 5.57. The number of hydrogen-bond acceptors (Lipinski definition) is 3. The van der Waals surface area contributed by atoms with E-state index in [0.717, 1.165) is 18.5 Å². The van der Waals surface area contributed by atoms with E-state index in [9.17, 15) is 9.59 Å². The zero-order valence-corrected chi connectivity index (χ0v) is 19.7. The minimum Gasteiger partial charge on any atom is -0.321 e. The van der Waals surface area contributed by atoms with Gasteiger partial charge in [-0.25, -0.2) is 0 Å². The van der Waals surface area contributed by atoms with Crippen LogP contribution in [0.2, 0.25) is 0 Å². The number of hydrogen-bond donors (Lipinski definition) is 2. The molecule has 30 heavy (non-hydrogen) atoms. The summed E-state index contributed by atoms with van der Waals surface area (Å²) >= 11 is 0. The Morgan fingerprint density at radius 1 is 0.900 bits per heavy atom. The third kappa shape index (κ3) is 12.1. The Hall–Kier alpha value is -1.72. The Bertz CT molecular complexity index is 602. The zero-order valence-electron chi connectivity index (χ0n) is 19.7. The van der Waals surface area contributed by atoms with Gasteiger partial charge in [-0.2, -0.15) is 0 Å². The van der Waals surface area contributed by atoms with Gasteiger partial charge in [-0.3, -0.25) is 9.59 Å². The molecule has 1 amide bonds. The quantitative estimate of drug-likeness (QED) is 0.283. The fraction of sp³-hybridized carbons (Fsp3) is 0.680. The van der Waals surface area contributed by atoms with Gasteiger partial charge < -0.3 is 15.1 Å². The van der Waals surface area contributed by atoms with Gasteiger partial charge in [0.1, 0.15) is 12.6 Å². The SMILES string of the molecule is CCCCCCCCCCCC(=O)C(C[N+](C)(C)CC(=O)Nc1ccccc1)NC. The van der Waals surface area contributed by atoms with Crippen molar-refractivity contribution in [2.45, 2.75) is 77.2 Å². The van der Waals surface area contributed by atoms with Crippen molar-refractivity contribution >= 4 is 17.4 Å². The standard InChI is InChI=1S/C25H43N3O2/c1-5-6-7-8-9-10-11-12-16-19-24(29)23(26-2)20-28(3,4)21-25(30)27-22-17-14-13-15-18-22/h13-15,17-18,23,26H,5-12,16,19-21H2,1-4H3/p+1. The van der Waals surface area contributed by atoms with Crippen LogP contribution in [-0.4, -0.2) is 56.4 Å². The molecule has 1 rings (SSSR count). The number of Topliss-reactive ketones (excluding diaryl/α,β-unsaturated/α-hetero) is 1. The van der Waals surface area contributed by atoms with Crippen LogP contribution in [0, 0.1) is 0 Å². The van der Waals surface area contributed by atoms with Crippen molar-refractivity contribution in [3.05, 3.63) is 30.3 Å². The van der Waals surface area contributed by atoms with E-state index in [4.69, 9.17) is 0 Å². The van der Waals surface area contributed by atoms with Crippen LogP contribution >= 0.6 is 0 Å². The lowest BCUT2D eigenvalue weighted by molar-refractivity contribution is -0.882. The summed E-state index contributed by atoms with van der Waals surface area (Å²) in [5.74, 6) is 0.225. The van der Waals surface area contributed by atoms with Crippen molar-refractivity contribution in [2.75, 3.05) is 39.5 Å².